The molecule has 0 bridgehead atoms. The minimum atomic E-state index is -0.744. The second-order valence-corrected chi connectivity index (χ2v) is 6.79. The van der Waals surface area contributed by atoms with E-state index in [1.165, 1.54) is 51.9 Å². The Balaban J connectivity index is 1.49. The number of hydrogen-bond donors (Lipinski definition) is 2. The first-order valence-electron chi connectivity index (χ1n) is 8.11. The van der Waals surface area contributed by atoms with Crippen LogP contribution in [0.3, 0.4) is 0 Å². The van der Waals surface area contributed by atoms with Crippen LogP contribution in [-0.4, -0.2) is 66.3 Å². The number of nitrogens with one attached hydrogen (secondary N) is 1. The van der Waals surface area contributed by atoms with Crippen LogP contribution in [0.1, 0.15) is 38.5 Å². The predicted molar refractivity (Wildman–Crippen MR) is 78.0 cm³/mol. The van der Waals surface area contributed by atoms with Crippen molar-refractivity contribution in [3.8, 4) is 0 Å². The van der Waals surface area contributed by atoms with E-state index in [4.69, 9.17) is 5.11 Å². The van der Waals surface area contributed by atoms with Crippen molar-refractivity contribution in [2.24, 2.45) is 5.41 Å². The van der Waals surface area contributed by atoms with E-state index in [1.54, 1.807) is 4.90 Å². The largest absolute Gasteiger partial charge is 0.465 e. The van der Waals surface area contributed by atoms with E-state index >= 15 is 0 Å². The van der Waals surface area contributed by atoms with Crippen LogP contribution < -0.4 is 5.32 Å². The number of carbonyl (C=O) groups is 1. The zero-order valence-corrected chi connectivity index (χ0v) is 12.3. The lowest BCUT2D eigenvalue weighted by Crippen LogP contribution is -2.51. The summed E-state index contributed by atoms with van der Waals surface area (Å²) >= 11 is 0. The number of likely N-dealkylation sites (tertiary alicyclic amines) is 2. The van der Waals surface area contributed by atoms with Crippen molar-refractivity contribution in [1.82, 2.24) is 15.1 Å². The zero-order chi connectivity index (χ0) is 14.0. The zero-order valence-electron chi connectivity index (χ0n) is 12.3. The van der Waals surface area contributed by atoms with Crippen LogP contribution in [0.25, 0.3) is 0 Å². The highest BCUT2D eigenvalue weighted by Crippen LogP contribution is 2.41. The summed E-state index contributed by atoms with van der Waals surface area (Å²) in [5.74, 6) is 0. The van der Waals surface area contributed by atoms with Gasteiger partial charge in [-0.15, -0.1) is 0 Å². The highest BCUT2D eigenvalue weighted by molar-refractivity contribution is 5.65. The van der Waals surface area contributed by atoms with Crippen molar-refractivity contribution in [3.05, 3.63) is 0 Å². The quantitative estimate of drug-likeness (QED) is 0.766. The fraction of sp³-hybridized carbons (Fsp3) is 0.933. The van der Waals surface area contributed by atoms with Crippen molar-refractivity contribution in [2.45, 2.75) is 44.6 Å². The predicted octanol–water partition coefficient (Wildman–Crippen LogP) is 1.59. The highest BCUT2D eigenvalue weighted by atomic mass is 16.4. The fourth-order valence-electron chi connectivity index (χ4n) is 4.21. The van der Waals surface area contributed by atoms with Crippen molar-refractivity contribution in [1.29, 1.82) is 0 Å². The molecular formula is C15H27N3O2. The molecular weight excluding hydrogens is 254 g/mol. The maximum Gasteiger partial charge on any atom is 0.407 e. The Labute approximate surface area is 121 Å². The molecule has 0 aromatic heterocycles. The maximum absolute atomic E-state index is 11.0. The van der Waals surface area contributed by atoms with Crippen LogP contribution in [0.15, 0.2) is 0 Å². The summed E-state index contributed by atoms with van der Waals surface area (Å²) in [6.07, 6.45) is 6.51. The van der Waals surface area contributed by atoms with Crippen LogP contribution in [0.2, 0.25) is 0 Å². The maximum atomic E-state index is 11.0. The summed E-state index contributed by atoms with van der Waals surface area (Å²) < 4.78 is 0. The molecule has 3 heterocycles. The third-order valence-corrected chi connectivity index (χ3v) is 5.78. The molecule has 0 unspecified atom stereocenters. The molecule has 0 aromatic carbocycles. The van der Waals surface area contributed by atoms with E-state index in [0.717, 1.165) is 32.0 Å². The molecule has 3 fully saturated rings. The van der Waals surface area contributed by atoms with Gasteiger partial charge in [0.2, 0.25) is 0 Å². The summed E-state index contributed by atoms with van der Waals surface area (Å²) in [4.78, 5) is 15.3. The molecule has 2 N–H and O–H groups in total. The molecule has 3 rings (SSSR count). The number of carboxylic acid groups (broad SMARTS) is 1. The van der Waals surface area contributed by atoms with E-state index < -0.39 is 6.09 Å². The normalized spacial score (nSPS) is 28.7. The van der Waals surface area contributed by atoms with Gasteiger partial charge in [-0.3, -0.25) is 0 Å². The Morgan fingerprint density at radius 3 is 2.10 bits per heavy atom. The first kappa shape index (κ1) is 14.1. The van der Waals surface area contributed by atoms with Crippen molar-refractivity contribution < 1.29 is 9.90 Å². The van der Waals surface area contributed by atoms with Crippen LogP contribution in [-0.2, 0) is 0 Å². The lowest BCUT2D eigenvalue weighted by Gasteiger charge is -2.48. The lowest BCUT2D eigenvalue weighted by atomic mass is 9.71. The second-order valence-electron chi connectivity index (χ2n) is 6.79. The Morgan fingerprint density at radius 1 is 1.00 bits per heavy atom. The van der Waals surface area contributed by atoms with Gasteiger partial charge >= 0.3 is 6.09 Å². The Morgan fingerprint density at radius 2 is 1.55 bits per heavy atom. The number of piperidine rings is 3. The molecule has 20 heavy (non-hydrogen) atoms. The van der Waals surface area contributed by atoms with Crippen molar-refractivity contribution in [2.75, 3.05) is 39.3 Å². The number of rotatable bonds is 1. The van der Waals surface area contributed by atoms with Gasteiger partial charge in [-0.2, -0.15) is 0 Å². The van der Waals surface area contributed by atoms with E-state index in [-0.39, 0.29) is 0 Å². The van der Waals surface area contributed by atoms with E-state index in [9.17, 15) is 4.79 Å². The minimum absolute atomic E-state index is 0.440. The molecule has 0 aliphatic carbocycles. The van der Waals surface area contributed by atoms with Gasteiger partial charge < -0.3 is 20.2 Å². The van der Waals surface area contributed by atoms with Gasteiger partial charge in [0.25, 0.3) is 0 Å². The molecule has 3 aliphatic heterocycles. The molecule has 0 radical (unpaired) electrons. The molecule has 1 amide bonds. The smallest absolute Gasteiger partial charge is 0.407 e. The molecule has 0 saturated carbocycles. The second kappa shape index (κ2) is 5.90. The van der Waals surface area contributed by atoms with E-state index in [2.05, 4.69) is 10.2 Å². The average Bonchev–Trinajstić information content (AvgIpc) is 2.49. The van der Waals surface area contributed by atoms with Crippen LogP contribution in [0.5, 0.6) is 0 Å². The van der Waals surface area contributed by atoms with Gasteiger partial charge in [-0.25, -0.2) is 4.79 Å². The molecule has 3 saturated heterocycles. The van der Waals surface area contributed by atoms with Crippen LogP contribution >= 0.6 is 0 Å². The molecule has 5 heteroatoms. The Hall–Kier alpha value is -0.810. The fourth-order valence-corrected chi connectivity index (χ4v) is 4.21. The number of hydrogen-bond acceptors (Lipinski definition) is 3. The third-order valence-electron chi connectivity index (χ3n) is 5.78. The highest BCUT2D eigenvalue weighted by Gasteiger charge is 2.39. The minimum Gasteiger partial charge on any atom is -0.465 e. The first-order chi connectivity index (χ1) is 9.69. The average molecular weight is 281 g/mol. The number of nitrogens with zero attached hydrogens (tertiary/aromatic N) is 2. The van der Waals surface area contributed by atoms with Gasteiger partial charge in [0.1, 0.15) is 0 Å². The summed E-state index contributed by atoms with van der Waals surface area (Å²) in [6.45, 7) is 6.25. The van der Waals surface area contributed by atoms with Crippen molar-refractivity contribution >= 4 is 6.09 Å². The third kappa shape index (κ3) is 2.93. The van der Waals surface area contributed by atoms with E-state index in [1.807, 2.05) is 0 Å². The Kier molecular flexibility index (Phi) is 4.17. The van der Waals surface area contributed by atoms with Gasteiger partial charge in [-0.1, -0.05) is 0 Å². The molecule has 5 nitrogen and oxygen atoms in total. The Bertz CT molecular complexity index is 337. The summed E-state index contributed by atoms with van der Waals surface area (Å²) in [5, 5.41) is 12.5. The van der Waals surface area contributed by atoms with Gasteiger partial charge in [0.15, 0.2) is 0 Å². The molecule has 3 aliphatic rings. The molecule has 1 spiro atoms. The van der Waals surface area contributed by atoms with Gasteiger partial charge in [0, 0.05) is 19.1 Å². The van der Waals surface area contributed by atoms with Gasteiger partial charge in [0.05, 0.1) is 0 Å². The standard InChI is InChI=1S/C15H27N3O2/c19-14(20)18-11-5-15(6-12-18)3-9-17(10-4-15)13-1-7-16-8-2-13/h13,16H,1-12H2,(H,19,20). The topological polar surface area (TPSA) is 55.8 Å². The van der Waals surface area contributed by atoms with Crippen LogP contribution in [0, 0.1) is 5.41 Å². The number of amides is 1. The summed E-state index contributed by atoms with van der Waals surface area (Å²) in [6, 6.07) is 0.785. The van der Waals surface area contributed by atoms with Crippen LogP contribution in [0.4, 0.5) is 4.79 Å². The van der Waals surface area contributed by atoms with Gasteiger partial charge in [-0.05, 0) is 70.1 Å². The lowest BCUT2D eigenvalue weighted by molar-refractivity contribution is 0.0172. The summed E-state index contributed by atoms with van der Waals surface area (Å²) in [7, 11) is 0. The monoisotopic (exact) mass is 281 g/mol. The van der Waals surface area contributed by atoms with Crippen molar-refractivity contribution in [3.63, 3.8) is 0 Å². The van der Waals surface area contributed by atoms with E-state index in [0.29, 0.717) is 5.41 Å². The molecule has 0 aromatic rings. The summed E-state index contributed by atoms with van der Waals surface area (Å²) in [5.41, 5.74) is 0.440. The SMILES string of the molecule is O=C(O)N1CCC2(CC1)CCN(C1CCNCC1)CC2. The first-order valence-corrected chi connectivity index (χ1v) is 8.11. The molecule has 114 valence electrons. The molecule has 0 atom stereocenters.